The number of nitrogens with zero attached hydrogens (tertiary/aromatic N) is 2. The van der Waals surface area contributed by atoms with Gasteiger partial charge in [0.1, 0.15) is 5.75 Å². The van der Waals surface area contributed by atoms with Gasteiger partial charge < -0.3 is 10.1 Å². The quantitative estimate of drug-likeness (QED) is 0.579. The van der Waals surface area contributed by atoms with Gasteiger partial charge in [0.2, 0.25) is 5.13 Å². The van der Waals surface area contributed by atoms with Crippen molar-refractivity contribution in [2.75, 3.05) is 17.2 Å². The minimum Gasteiger partial charge on any atom is -0.494 e. The monoisotopic (exact) mass is 408 g/mol. The maximum Gasteiger partial charge on any atom is 0.325 e. The third kappa shape index (κ3) is 4.63. The summed E-state index contributed by atoms with van der Waals surface area (Å²) in [5.74, 6) is 0.743. The van der Waals surface area contributed by atoms with Crippen molar-refractivity contribution in [3.63, 3.8) is 0 Å². The molecule has 0 aliphatic carbocycles. The first kappa shape index (κ1) is 18.4. The molecule has 0 aliphatic heterocycles. The zero-order chi connectivity index (χ0) is 18.5. The molecule has 0 bridgehead atoms. The molecule has 0 saturated heterocycles. The molecule has 0 radical (unpaired) electrons. The van der Waals surface area contributed by atoms with Gasteiger partial charge in [0, 0.05) is 16.3 Å². The first-order valence-electron chi connectivity index (χ1n) is 7.65. The highest BCUT2D eigenvalue weighted by atomic mass is 35.5. The summed E-state index contributed by atoms with van der Waals surface area (Å²) in [5.41, 5.74) is 1.34. The number of hydrogen-bond acceptors (Lipinski definition) is 5. The van der Waals surface area contributed by atoms with Crippen LogP contribution in [0.4, 0.5) is 15.6 Å². The standard InChI is InChI=1S/C17H14Cl2N4O2S/c1-2-25-12-6-4-11(5-7-12)20-16(24)21-17-23-22-15(26-17)13-8-3-10(18)9-14(13)19/h3-9H,2H2,1H3,(H2,20,21,23,24). The van der Waals surface area contributed by atoms with Crippen LogP contribution in [0.3, 0.4) is 0 Å². The number of amides is 2. The van der Waals surface area contributed by atoms with Crippen molar-refractivity contribution < 1.29 is 9.53 Å². The van der Waals surface area contributed by atoms with E-state index in [1.807, 2.05) is 6.92 Å². The maximum atomic E-state index is 12.1. The molecule has 0 fully saturated rings. The van der Waals surface area contributed by atoms with E-state index in [1.54, 1.807) is 42.5 Å². The fraction of sp³-hybridized carbons (Fsp3) is 0.118. The number of carbonyl (C=O) groups excluding carboxylic acids is 1. The number of hydrogen-bond donors (Lipinski definition) is 2. The molecule has 9 heteroatoms. The normalized spacial score (nSPS) is 10.4. The van der Waals surface area contributed by atoms with Crippen molar-refractivity contribution in [2.45, 2.75) is 6.92 Å². The summed E-state index contributed by atoms with van der Waals surface area (Å²) in [6.45, 7) is 2.50. The van der Waals surface area contributed by atoms with Crippen LogP contribution in [0.5, 0.6) is 5.75 Å². The Morgan fingerprint density at radius 3 is 2.58 bits per heavy atom. The lowest BCUT2D eigenvalue weighted by Gasteiger charge is -2.06. The van der Waals surface area contributed by atoms with Gasteiger partial charge in [-0.15, -0.1) is 10.2 Å². The predicted octanol–water partition coefficient (Wildman–Crippen LogP) is 5.55. The third-order valence-electron chi connectivity index (χ3n) is 3.23. The van der Waals surface area contributed by atoms with E-state index in [0.29, 0.717) is 38.0 Å². The van der Waals surface area contributed by atoms with Gasteiger partial charge >= 0.3 is 6.03 Å². The van der Waals surface area contributed by atoms with Crippen LogP contribution in [0.1, 0.15) is 6.92 Å². The predicted molar refractivity (Wildman–Crippen MR) is 106 cm³/mol. The van der Waals surface area contributed by atoms with E-state index in [0.717, 1.165) is 5.75 Å². The first-order chi connectivity index (χ1) is 12.5. The molecular formula is C17H14Cl2N4O2S. The summed E-state index contributed by atoms with van der Waals surface area (Å²) in [4.78, 5) is 12.1. The van der Waals surface area contributed by atoms with E-state index < -0.39 is 6.03 Å². The van der Waals surface area contributed by atoms with Gasteiger partial charge in [-0.25, -0.2) is 4.79 Å². The lowest BCUT2D eigenvalue weighted by molar-refractivity contribution is 0.262. The van der Waals surface area contributed by atoms with Crippen LogP contribution in [0.2, 0.25) is 10.0 Å². The van der Waals surface area contributed by atoms with Crippen molar-refractivity contribution in [3.8, 4) is 16.3 Å². The first-order valence-corrected chi connectivity index (χ1v) is 9.22. The van der Waals surface area contributed by atoms with Gasteiger partial charge in [0.05, 0.1) is 11.6 Å². The summed E-state index contributed by atoms with van der Waals surface area (Å²) in [6.07, 6.45) is 0. The van der Waals surface area contributed by atoms with E-state index >= 15 is 0 Å². The summed E-state index contributed by atoms with van der Waals surface area (Å²) in [7, 11) is 0. The number of rotatable bonds is 5. The summed E-state index contributed by atoms with van der Waals surface area (Å²) in [5, 5.41) is 15.3. The van der Waals surface area contributed by atoms with Crippen LogP contribution in [-0.2, 0) is 0 Å². The fourth-order valence-corrected chi connectivity index (χ4v) is 3.44. The number of nitrogens with one attached hydrogen (secondary N) is 2. The molecule has 2 amide bonds. The largest absolute Gasteiger partial charge is 0.494 e. The molecule has 3 aromatic rings. The van der Waals surface area contributed by atoms with Gasteiger partial charge in [-0.2, -0.15) is 0 Å². The number of urea groups is 1. The number of ether oxygens (including phenoxy) is 1. The Morgan fingerprint density at radius 2 is 1.88 bits per heavy atom. The smallest absolute Gasteiger partial charge is 0.325 e. The number of aromatic nitrogens is 2. The van der Waals surface area contributed by atoms with Crippen LogP contribution in [0, 0.1) is 0 Å². The number of anilines is 2. The summed E-state index contributed by atoms with van der Waals surface area (Å²) in [6, 6.07) is 11.8. The van der Waals surface area contributed by atoms with Crippen LogP contribution >= 0.6 is 34.5 Å². The van der Waals surface area contributed by atoms with Crippen molar-refractivity contribution >= 4 is 51.4 Å². The van der Waals surface area contributed by atoms with Gasteiger partial charge in [-0.05, 0) is 49.4 Å². The van der Waals surface area contributed by atoms with Crippen LogP contribution < -0.4 is 15.4 Å². The molecular weight excluding hydrogens is 395 g/mol. The Hall–Kier alpha value is -2.35. The highest BCUT2D eigenvalue weighted by Gasteiger charge is 2.12. The second kappa shape index (κ2) is 8.35. The molecule has 0 spiro atoms. The highest BCUT2D eigenvalue weighted by molar-refractivity contribution is 7.18. The molecule has 0 saturated carbocycles. The topological polar surface area (TPSA) is 76.1 Å². The molecule has 2 N–H and O–H groups in total. The molecule has 0 atom stereocenters. The minimum absolute atomic E-state index is 0.356. The number of halogens is 2. The average Bonchev–Trinajstić information content (AvgIpc) is 3.05. The number of carbonyl (C=O) groups is 1. The second-order valence-corrected chi connectivity index (χ2v) is 6.89. The van der Waals surface area contributed by atoms with Crippen molar-refractivity contribution in [2.24, 2.45) is 0 Å². The maximum absolute atomic E-state index is 12.1. The molecule has 3 rings (SSSR count). The third-order valence-corrected chi connectivity index (χ3v) is 4.65. The van der Waals surface area contributed by atoms with Gasteiger partial charge in [0.15, 0.2) is 5.01 Å². The van der Waals surface area contributed by atoms with Gasteiger partial charge in [-0.1, -0.05) is 34.5 Å². The molecule has 1 heterocycles. The Balaban J connectivity index is 1.64. The van der Waals surface area contributed by atoms with Crippen molar-refractivity contribution in [1.82, 2.24) is 10.2 Å². The lowest BCUT2D eigenvalue weighted by atomic mass is 10.2. The SMILES string of the molecule is CCOc1ccc(NC(=O)Nc2nnc(-c3ccc(Cl)cc3Cl)s2)cc1. The lowest BCUT2D eigenvalue weighted by Crippen LogP contribution is -2.19. The molecule has 0 aliphatic rings. The second-order valence-electron chi connectivity index (χ2n) is 5.07. The Kier molecular flexibility index (Phi) is 5.92. The van der Waals surface area contributed by atoms with E-state index in [4.69, 9.17) is 27.9 Å². The zero-order valence-electron chi connectivity index (χ0n) is 13.6. The van der Waals surface area contributed by atoms with E-state index in [1.165, 1.54) is 11.3 Å². The van der Waals surface area contributed by atoms with Gasteiger partial charge in [-0.3, -0.25) is 5.32 Å². The Morgan fingerprint density at radius 1 is 1.12 bits per heavy atom. The van der Waals surface area contributed by atoms with Crippen molar-refractivity contribution in [3.05, 3.63) is 52.5 Å². The Bertz CT molecular complexity index is 915. The van der Waals surface area contributed by atoms with E-state index in [-0.39, 0.29) is 0 Å². The molecule has 26 heavy (non-hydrogen) atoms. The van der Waals surface area contributed by atoms with Crippen LogP contribution in [0.25, 0.3) is 10.6 Å². The van der Waals surface area contributed by atoms with E-state index in [2.05, 4.69) is 20.8 Å². The van der Waals surface area contributed by atoms with Crippen molar-refractivity contribution in [1.29, 1.82) is 0 Å². The molecule has 1 aromatic heterocycles. The average molecular weight is 409 g/mol. The number of benzene rings is 2. The molecule has 0 unspecified atom stereocenters. The fourth-order valence-electron chi connectivity index (χ4n) is 2.11. The Labute approximate surface area is 164 Å². The summed E-state index contributed by atoms with van der Waals surface area (Å²) < 4.78 is 5.36. The van der Waals surface area contributed by atoms with E-state index in [9.17, 15) is 4.79 Å². The van der Waals surface area contributed by atoms with Crippen LogP contribution in [0.15, 0.2) is 42.5 Å². The molecule has 2 aromatic carbocycles. The zero-order valence-corrected chi connectivity index (χ0v) is 16.0. The van der Waals surface area contributed by atoms with Crippen LogP contribution in [-0.4, -0.2) is 22.8 Å². The highest BCUT2D eigenvalue weighted by Crippen LogP contribution is 2.33. The molecule has 134 valence electrons. The summed E-state index contributed by atoms with van der Waals surface area (Å²) >= 11 is 13.3. The van der Waals surface area contributed by atoms with Gasteiger partial charge in [0.25, 0.3) is 0 Å². The minimum atomic E-state index is -0.418. The molecule has 6 nitrogen and oxygen atoms in total.